The minimum Gasteiger partial charge on any atom is -0.461 e. The van der Waals surface area contributed by atoms with Crippen molar-refractivity contribution in [1.82, 2.24) is 14.6 Å². The van der Waals surface area contributed by atoms with E-state index < -0.39 is 17.8 Å². The summed E-state index contributed by atoms with van der Waals surface area (Å²) in [5.74, 6) is -0.681. The molecule has 0 radical (unpaired) electrons. The van der Waals surface area contributed by atoms with Gasteiger partial charge in [-0.2, -0.15) is 18.3 Å². The van der Waals surface area contributed by atoms with Crippen molar-refractivity contribution >= 4 is 11.6 Å². The predicted octanol–water partition coefficient (Wildman–Crippen LogP) is 2.23. The Labute approximate surface area is 106 Å². The number of rotatable bonds is 2. The van der Waals surface area contributed by atoms with Crippen LogP contribution in [0.5, 0.6) is 0 Å². The summed E-state index contributed by atoms with van der Waals surface area (Å²) in [6, 6.07) is 1.97. The van der Waals surface area contributed by atoms with E-state index in [1.54, 1.807) is 6.92 Å². The fraction of sp³-hybridized carbons (Fsp3) is 0.364. The number of halogens is 3. The van der Waals surface area contributed by atoms with Gasteiger partial charge in [-0.15, -0.1) is 0 Å². The summed E-state index contributed by atoms with van der Waals surface area (Å²) < 4.78 is 43.4. The molecule has 0 saturated heterocycles. The van der Waals surface area contributed by atoms with Gasteiger partial charge in [-0.25, -0.2) is 14.3 Å². The van der Waals surface area contributed by atoms with Gasteiger partial charge in [0.05, 0.1) is 12.3 Å². The number of alkyl halides is 3. The maximum atomic E-state index is 12.5. The molecule has 0 fully saturated rings. The first kappa shape index (κ1) is 13.3. The molecule has 0 aliphatic heterocycles. The van der Waals surface area contributed by atoms with Crippen molar-refractivity contribution in [3.63, 3.8) is 0 Å². The minimum atomic E-state index is -4.55. The van der Waals surface area contributed by atoms with Crippen molar-refractivity contribution < 1.29 is 22.7 Å². The number of hydrogen-bond acceptors (Lipinski definition) is 4. The highest BCUT2D eigenvalue weighted by Gasteiger charge is 2.33. The van der Waals surface area contributed by atoms with Crippen LogP contribution in [0.2, 0.25) is 0 Å². The fourth-order valence-corrected chi connectivity index (χ4v) is 1.59. The molecule has 2 aromatic heterocycles. The molecule has 0 aliphatic rings. The Morgan fingerprint density at radius 1 is 1.42 bits per heavy atom. The second-order valence-corrected chi connectivity index (χ2v) is 3.75. The summed E-state index contributed by atoms with van der Waals surface area (Å²) in [5.41, 5.74) is -0.710. The number of esters is 1. The Morgan fingerprint density at radius 3 is 2.68 bits per heavy atom. The highest BCUT2D eigenvalue weighted by atomic mass is 19.4. The molecule has 0 saturated carbocycles. The highest BCUT2D eigenvalue weighted by molar-refractivity contribution is 5.89. The smallest absolute Gasteiger partial charge is 0.435 e. The monoisotopic (exact) mass is 273 g/mol. The van der Waals surface area contributed by atoms with Crippen molar-refractivity contribution in [2.75, 3.05) is 6.61 Å². The topological polar surface area (TPSA) is 56.5 Å². The van der Waals surface area contributed by atoms with Gasteiger partial charge in [-0.1, -0.05) is 0 Å². The summed E-state index contributed by atoms with van der Waals surface area (Å²) in [6.07, 6.45) is -4.55. The number of hydrogen-bond donors (Lipinski definition) is 0. The summed E-state index contributed by atoms with van der Waals surface area (Å²) in [4.78, 5) is 15.5. The third-order valence-corrected chi connectivity index (χ3v) is 2.46. The molecule has 102 valence electrons. The lowest BCUT2D eigenvalue weighted by Crippen LogP contribution is -2.11. The van der Waals surface area contributed by atoms with E-state index in [0.717, 1.165) is 16.6 Å². The maximum Gasteiger partial charge on any atom is 0.435 e. The van der Waals surface area contributed by atoms with Gasteiger partial charge < -0.3 is 4.74 Å². The summed E-state index contributed by atoms with van der Waals surface area (Å²) in [5, 5.41) is 3.43. The Hall–Kier alpha value is -2.12. The lowest BCUT2D eigenvalue weighted by molar-refractivity contribution is -0.141. The average Bonchev–Trinajstić information content (AvgIpc) is 2.66. The second-order valence-electron chi connectivity index (χ2n) is 3.75. The Morgan fingerprint density at radius 2 is 2.11 bits per heavy atom. The van der Waals surface area contributed by atoms with Gasteiger partial charge in [0.1, 0.15) is 0 Å². The van der Waals surface area contributed by atoms with Crippen LogP contribution in [-0.4, -0.2) is 27.2 Å². The van der Waals surface area contributed by atoms with Crippen LogP contribution in [-0.2, 0) is 10.9 Å². The molecule has 0 spiro atoms. The zero-order valence-electron chi connectivity index (χ0n) is 10.2. The van der Waals surface area contributed by atoms with E-state index in [4.69, 9.17) is 4.74 Å². The number of carbonyl (C=O) groups is 1. The van der Waals surface area contributed by atoms with Gasteiger partial charge in [0, 0.05) is 0 Å². The van der Waals surface area contributed by atoms with E-state index >= 15 is 0 Å². The molecule has 0 aromatic carbocycles. The van der Waals surface area contributed by atoms with Crippen molar-refractivity contribution in [2.24, 2.45) is 0 Å². The van der Waals surface area contributed by atoms with Gasteiger partial charge in [0.2, 0.25) is 0 Å². The summed E-state index contributed by atoms with van der Waals surface area (Å²) >= 11 is 0. The average molecular weight is 273 g/mol. The molecule has 8 heteroatoms. The molecule has 0 N–H and O–H groups in total. The van der Waals surface area contributed by atoms with Gasteiger partial charge >= 0.3 is 12.1 Å². The van der Waals surface area contributed by atoms with Crippen molar-refractivity contribution in [3.05, 3.63) is 29.2 Å². The lowest BCUT2D eigenvalue weighted by Gasteiger charge is -2.05. The van der Waals surface area contributed by atoms with Crippen LogP contribution in [0.15, 0.2) is 12.1 Å². The molecular formula is C11H10F3N3O2. The number of aromatic nitrogens is 3. The van der Waals surface area contributed by atoms with Crippen molar-refractivity contribution in [2.45, 2.75) is 20.0 Å². The number of aryl methyl sites for hydroxylation is 1. The normalized spacial score (nSPS) is 11.8. The van der Waals surface area contributed by atoms with E-state index in [1.165, 1.54) is 6.92 Å². The molecule has 2 rings (SSSR count). The Balaban J connectivity index is 2.55. The van der Waals surface area contributed by atoms with Crippen molar-refractivity contribution in [3.8, 4) is 0 Å². The third kappa shape index (κ3) is 2.38. The Bertz CT molecular complexity index is 634. The maximum absolute atomic E-state index is 12.5. The number of fused-ring (bicyclic) bond motifs is 1. The number of carbonyl (C=O) groups excluding carboxylic acids is 1. The van der Waals surface area contributed by atoms with Crippen molar-refractivity contribution in [1.29, 1.82) is 0 Å². The van der Waals surface area contributed by atoms with E-state index in [0.29, 0.717) is 0 Å². The fourth-order valence-electron chi connectivity index (χ4n) is 1.59. The first-order valence-electron chi connectivity index (χ1n) is 5.45. The third-order valence-electron chi connectivity index (χ3n) is 2.46. The van der Waals surface area contributed by atoms with Gasteiger partial charge in [-0.3, -0.25) is 0 Å². The van der Waals surface area contributed by atoms with E-state index in [2.05, 4.69) is 10.1 Å². The molecule has 0 unspecified atom stereocenters. The molecule has 0 bridgehead atoms. The SMILES string of the molecule is CCOC(=O)c1nc2ccc(C(F)(F)F)nn2c1C. The molecule has 0 atom stereocenters. The lowest BCUT2D eigenvalue weighted by atomic mass is 10.3. The molecule has 2 aromatic rings. The summed E-state index contributed by atoms with van der Waals surface area (Å²) in [6.45, 7) is 3.25. The Kier molecular flexibility index (Phi) is 3.17. The zero-order chi connectivity index (χ0) is 14.2. The van der Waals surface area contributed by atoms with Gasteiger partial charge in [-0.05, 0) is 26.0 Å². The molecule has 0 aliphatic carbocycles. The van der Waals surface area contributed by atoms with Crippen LogP contribution in [0.25, 0.3) is 5.65 Å². The summed E-state index contributed by atoms with van der Waals surface area (Å²) in [7, 11) is 0. The van der Waals surface area contributed by atoms with Crippen LogP contribution in [0.1, 0.15) is 28.8 Å². The highest BCUT2D eigenvalue weighted by Crippen LogP contribution is 2.27. The number of ether oxygens (including phenoxy) is 1. The van der Waals surface area contributed by atoms with E-state index in [9.17, 15) is 18.0 Å². The van der Waals surface area contributed by atoms with Crippen LogP contribution in [0.4, 0.5) is 13.2 Å². The van der Waals surface area contributed by atoms with Crippen LogP contribution in [0, 0.1) is 6.92 Å². The number of imidazole rings is 1. The van der Waals surface area contributed by atoms with Crippen LogP contribution in [0.3, 0.4) is 0 Å². The second kappa shape index (κ2) is 4.52. The van der Waals surface area contributed by atoms with Crippen LogP contribution >= 0.6 is 0 Å². The molecule has 0 amide bonds. The van der Waals surface area contributed by atoms with E-state index in [1.807, 2.05) is 0 Å². The quantitative estimate of drug-likeness (QED) is 0.787. The molecule has 19 heavy (non-hydrogen) atoms. The molecule has 2 heterocycles. The zero-order valence-corrected chi connectivity index (χ0v) is 10.2. The van der Waals surface area contributed by atoms with Gasteiger partial charge in [0.25, 0.3) is 0 Å². The largest absolute Gasteiger partial charge is 0.461 e. The first-order valence-corrected chi connectivity index (χ1v) is 5.45. The standard InChI is InChI=1S/C11H10F3N3O2/c1-3-19-10(18)9-6(2)17-8(15-9)5-4-7(16-17)11(12,13)14/h4-5H,3H2,1-2H3. The van der Waals surface area contributed by atoms with Gasteiger partial charge in [0.15, 0.2) is 17.0 Å². The first-order chi connectivity index (χ1) is 8.84. The van der Waals surface area contributed by atoms with E-state index in [-0.39, 0.29) is 23.6 Å². The number of nitrogens with zero attached hydrogens (tertiary/aromatic N) is 3. The molecular weight excluding hydrogens is 263 g/mol. The minimum absolute atomic E-state index is 0.0336. The molecule has 5 nitrogen and oxygen atoms in total. The van der Waals surface area contributed by atoms with Crippen LogP contribution < -0.4 is 0 Å². The predicted molar refractivity (Wildman–Crippen MR) is 58.7 cm³/mol.